The lowest BCUT2D eigenvalue weighted by Crippen LogP contribution is -2.34. The molecule has 20 heavy (non-hydrogen) atoms. The molecule has 0 saturated carbocycles. The second kappa shape index (κ2) is 6.02. The highest BCUT2D eigenvalue weighted by Gasteiger charge is 2.21. The van der Waals surface area contributed by atoms with Crippen LogP contribution in [-0.4, -0.2) is 22.0 Å². The van der Waals surface area contributed by atoms with Gasteiger partial charge in [0.15, 0.2) is 0 Å². The average molecular weight is 287 g/mol. The van der Waals surface area contributed by atoms with Crippen LogP contribution >= 0.6 is 11.8 Å². The molecule has 2 N–H and O–H groups in total. The molecule has 0 fully saturated rings. The molecule has 1 aromatic heterocycles. The number of hydrogen-bond donors (Lipinski definition) is 2. The molecular formula is C16H21N3S. The van der Waals surface area contributed by atoms with E-state index in [4.69, 9.17) is 0 Å². The highest BCUT2D eigenvalue weighted by atomic mass is 32.2. The number of hydrogen-bond acceptors (Lipinski definition) is 3. The van der Waals surface area contributed by atoms with Crippen molar-refractivity contribution in [1.29, 1.82) is 0 Å². The van der Waals surface area contributed by atoms with E-state index in [9.17, 15) is 0 Å². The third kappa shape index (κ3) is 3.07. The molecule has 106 valence electrons. The fourth-order valence-corrected chi connectivity index (χ4v) is 3.94. The summed E-state index contributed by atoms with van der Waals surface area (Å²) in [5.41, 5.74) is 3.72. The van der Waals surface area contributed by atoms with E-state index >= 15 is 0 Å². The van der Waals surface area contributed by atoms with E-state index in [1.54, 1.807) is 0 Å². The van der Waals surface area contributed by atoms with Crippen molar-refractivity contribution in [2.45, 2.75) is 43.7 Å². The number of H-pyrrole nitrogens is 1. The predicted octanol–water partition coefficient (Wildman–Crippen LogP) is 3.48. The number of benzene rings is 1. The van der Waals surface area contributed by atoms with Gasteiger partial charge in [0.2, 0.25) is 0 Å². The van der Waals surface area contributed by atoms with Gasteiger partial charge >= 0.3 is 0 Å². The van der Waals surface area contributed by atoms with Crippen molar-refractivity contribution >= 4 is 11.8 Å². The molecule has 0 saturated heterocycles. The van der Waals surface area contributed by atoms with Crippen LogP contribution in [0.5, 0.6) is 0 Å². The van der Waals surface area contributed by atoms with Gasteiger partial charge in [0.25, 0.3) is 0 Å². The second-order valence-electron chi connectivity index (χ2n) is 5.54. The molecular weight excluding hydrogens is 266 g/mol. The molecule has 2 heterocycles. The number of nitrogens with zero attached hydrogens (tertiary/aromatic N) is 1. The number of aromatic amines is 1. The van der Waals surface area contributed by atoms with Gasteiger partial charge in [0, 0.05) is 29.1 Å². The SMILES string of the molecule is Cc1cc(C[C@@H](C)N[C@H]2CCSc3ccccc32)n[nH]1. The Morgan fingerprint density at radius 1 is 1.45 bits per heavy atom. The van der Waals surface area contributed by atoms with E-state index in [1.165, 1.54) is 22.6 Å². The topological polar surface area (TPSA) is 40.7 Å². The van der Waals surface area contributed by atoms with E-state index in [0.29, 0.717) is 12.1 Å². The van der Waals surface area contributed by atoms with E-state index in [0.717, 1.165) is 17.8 Å². The first-order valence-corrected chi connectivity index (χ1v) is 8.19. The third-order valence-corrected chi connectivity index (χ3v) is 4.84. The fourth-order valence-electron chi connectivity index (χ4n) is 2.81. The minimum atomic E-state index is 0.429. The standard InChI is InChI=1S/C16H21N3S/c1-11(9-13-10-12(2)18-19-13)17-15-7-8-20-16-6-4-3-5-14(15)16/h3-6,10-11,15,17H,7-9H2,1-2H3,(H,18,19)/t11-,15+/m1/s1. The maximum Gasteiger partial charge on any atom is 0.0640 e. The first-order chi connectivity index (χ1) is 9.72. The van der Waals surface area contributed by atoms with Crippen molar-refractivity contribution in [3.8, 4) is 0 Å². The first kappa shape index (κ1) is 13.7. The summed E-state index contributed by atoms with van der Waals surface area (Å²) < 4.78 is 0. The van der Waals surface area contributed by atoms with Crippen molar-refractivity contribution in [3.63, 3.8) is 0 Å². The van der Waals surface area contributed by atoms with Gasteiger partial charge < -0.3 is 5.32 Å². The Balaban J connectivity index is 1.66. The number of nitrogens with one attached hydrogen (secondary N) is 2. The van der Waals surface area contributed by atoms with Crippen molar-refractivity contribution in [3.05, 3.63) is 47.3 Å². The third-order valence-electron chi connectivity index (χ3n) is 3.72. The summed E-state index contributed by atoms with van der Waals surface area (Å²) in [6.45, 7) is 4.29. The first-order valence-electron chi connectivity index (χ1n) is 7.21. The van der Waals surface area contributed by atoms with E-state index in [-0.39, 0.29) is 0 Å². The molecule has 0 aliphatic carbocycles. The predicted molar refractivity (Wildman–Crippen MR) is 84.2 cm³/mol. The lowest BCUT2D eigenvalue weighted by Gasteiger charge is -2.28. The van der Waals surface area contributed by atoms with Gasteiger partial charge in [-0.05, 0) is 43.7 Å². The van der Waals surface area contributed by atoms with Crippen LogP contribution < -0.4 is 5.32 Å². The minimum Gasteiger partial charge on any atom is -0.307 e. The maximum atomic E-state index is 4.32. The molecule has 3 rings (SSSR count). The smallest absolute Gasteiger partial charge is 0.0640 e. The van der Waals surface area contributed by atoms with Gasteiger partial charge in [-0.1, -0.05) is 18.2 Å². The molecule has 4 heteroatoms. The second-order valence-corrected chi connectivity index (χ2v) is 6.68. The van der Waals surface area contributed by atoms with E-state index < -0.39 is 0 Å². The molecule has 3 nitrogen and oxygen atoms in total. The average Bonchev–Trinajstić information content (AvgIpc) is 2.84. The Hall–Kier alpha value is -1.26. The normalized spacial score (nSPS) is 19.6. The number of fused-ring (bicyclic) bond motifs is 1. The summed E-state index contributed by atoms with van der Waals surface area (Å²) in [4.78, 5) is 1.43. The highest BCUT2D eigenvalue weighted by molar-refractivity contribution is 7.99. The van der Waals surface area contributed by atoms with Crippen LogP contribution in [0.25, 0.3) is 0 Å². The quantitative estimate of drug-likeness (QED) is 0.904. The molecule has 1 aliphatic heterocycles. The summed E-state index contributed by atoms with van der Waals surface area (Å²) in [6.07, 6.45) is 2.17. The number of aryl methyl sites for hydroxylation is 1. The molecule has 2 atom stereocenters. The Morgan fingerprint density at radius 2 is 2.30 bits per heavy atom. The van der Waals surface area contributed by atoms with Gasteiger partial charge in [-0.3, -0.25) is 5.10 Å². The Morgan fingerprint density at radius 3 is 3.10 bits per heavy atom. The van der Waals surface area contributed by atoms with Crippen LogP contribution in [-0.2, 0) is 6.42 Å². The van der Waals surface area contributed by atoms with E-state index in [1.807, 2.05) is 18.7 Å². The van der Waals surface area contributed by atoms with Gasteiger partial charge in [0.05, 0.1) is 5.69 Å². The molecule has 0 unspecified atom stereocenters. The van der Waals surface area contributed by atoms with Crippen molar-refractivity contribution in [2.24, 2.45) is 0 Å². The Bertz CT molecular complexity index is 579. The zero-order chi connectivity index (χ0) is 13.9. The van der Waals surface area contributed by atoms with Gasteiger partial charge in [-0.15, -0.1) is 11.8 Å². The molecule has 0 bridgehead atoms. The summed E-state index contributed by atoms with van der Waals surface area (Å²) >= 11 is 1.97. The zero-order valence-corrected chi connectivity index (χ0v) is 12.8. The zero-order valence-electron chi connectivity index (χ0n) is 12.0. The van der Waals surface area contributed by atoms with Crippen LogP contribution in [0.1, 0.15) is 36.3 Å². The van der Waals surface area contributed by atoms with Crippen molar-refractivity contribution in [1.82, 2.24) is 15.5 Å². The molecule has 1 aromatic carbocycles. The van der Waals surface area contributed by atoms with Gasteiger partial charge in [0.1, 0.15) is 0 Å². The van der Waals surface area contributed by atoms with Gasteiger partial charge in [-0.25, -0.2) is 0 Å². The largest absolute Gasteiger partial charge is 0.307 e. The summed E-state index contributed by atoms with van der Waals surface area (Å²) in [6, 6.07) is 11.8. The number of thioether (sulfide) groups is 1. The monoisotopic (exact) mass is 287 g/mol. The van der Waals surface area contributed by atoms with Crippen molar-refractivity contribution in [2.75, 3.05) is 5.75 Å². The Kier molecular flexibility index (Phi) is 4.13. The van der Waals surface area contributed by atoms with E-state index in [2.05, 4.69) is 52.8 Å². The lowest BCUT2D eigenvalue weighted by atomic mass is 10.0. The van der Waals surface area contributed by atoms with Crippen LogP contribution in [0.15, 0.2) is 35.2 Å². The minimum absolute atomic E-state index is 0.429. The van der Waals surface area contributed by atoms with Crippen LogP contribution in [0.3, 0.4) is 0 Å². The Labute approximate surface area is 124 Å². The molecule has 0 spiro atoms. The number of rotatable bonds is 4. The molecule has 2 aromatic rings. The number of aromatic nitrogens is 2. The van der Waals surface area contributed by atoms with Crippen molar-refractivity contribution < 1.29 is 0 Å². The van der Waals surface area contributed by atoms with Crippen LogP contribution in [0.2, 0.25) is 0 Å². The van der Waals surface area contributed by atoms with Crippen LogP contribution in [0, 0.1) is 6.92 Å². The molecule has 0 amide bonds. The van der Waals surface area contributed by atoms with Crippen LogP contribution in [0.4, 0.5) is 0 Å². The summed E-state index contributed by atoms with van der Waals surface area (Å²) in [5, 5.41) is 11.1. The fraction of sp³-hybridized carbons (Fsp3) is 0.438. The lowest BCUT2D eigenvalue weighted by molar-refractivity contribution is 0.435. The molecule has 1 aliphatic rings. The highest BCUT2D eigenvalue weighted by Crippen LogP contribution is 2.36. The van der Waals surface area contributed by atoms with Gasteiger partial charge in [-0.2, -0.15) is 5.10 Å². The summed E-state index contributed by atoms with van der Waals surface area (Å²) in [5.74, 6) is 1.20. The molecule has 0 radical (unpaired) electrons. The summed E-state index contributed by atoms with van der Waals surface area (Å²) in [7, 11) is 0. The maximum absolute atomic E-state index is 4.32.